The van der Waals surface area contributed by atoms with Gasteiger partial charge in [-0.25, -0.2) is 0 Å². The molecule has 0 radical (unpaired) electrons. The third kappa shape index (κ3) is 3.80. The molecule has 3 aromatic heterocycles. The minimum Gasteiger partial charge on any atom is -0.347 e. The maximum Gasteiger partial charge on any atom is 0.218 e. The number of hydrogen-bond donors (Lipinski definition) is 1. The quantitative estimate of drug-likeness (QED) is 0.682. The van der Waals surface area contributed by atoms with Gasteiger partial charge in [-0.15, -0.1) is 10.2 Å². The van der Waals surface area contributed by atoms with E-state index in [9.17, 15) is 0 Å². The highest BCUT2D eigenvalue weighted by molar-refractivity contribution is 7.17. The summed E-state index contributed by atoms with van der Waals surface area (Å²) < 4.78 is 2.10. The molecule has 0 atom stereocenters. The molecule has 3 rings (SSSR count). The summed E-state index contributed by atoms with van der Waals surface area (Å²) in [6, 6.07) is 8.17. The van der Waals surface area contributed by atoms with Gasteiger partial charge in [0.15, 0.2) is 0 Å². The van der Waals surface area contributed by atoms with Crippen LogP contribution in [0.1, 0.15) is 25.1 Å². The van der Waals surface area contributed by atoms with Gasteiger partial charge in [-0.3, -0.25) is 9.55 Å². The summed E-state index contributed by atoms with van der Waals surface area (Å²) in [6.45, 7) is 7.70. The minimum absolute atomic E-state index is 0.766. The highest BCUT2D eigenvalue weighted by Crippen LogP contribution is 2.24. The first kappa shape index (κ1) is 16.6. The lowest BCUT2D eigenvalue weighted by molar-refractivity contribution is 0.666. The summed E-state index contributed by atoms with van der Waals surface area (Å²) in [7, 11) is 0. The van der Waals surface area contributed by atoms with Gasteiger partial charge in [-0.2, -0.15) is 0 Å². The zero-order valence-electron chi connectivity index (χ0n) is 14.0. The molecule has 0 spiro atoms. The van der Waals surface area contributed by atoms with Gasteiger partial charge in [0, 0.05) is 50.5 Å². The van der Waals surface area contributed by atoms with Crippen molar-refractivity contribution in [2.75, 3.05) is 18.0 Å². The zero-order valence-corrected chi connectivity index (χ0v) is 14.8. The average Bonchev–Trinajstić information content (AvgIpc) is 3.26. The fourth-order valence-electron chi connectivity index (χ4n) is 2.51. The SMILES string of the molecule is CCN(CC)c1nnc(-n2cccc2CNCc2cccnc2)s1. The van der Waals surface area contributed by atoms with E-state index < -0.39 is 0 Å². The van der Waals surface area contributed by atoms with Crippen LogP contribution in [0.3, 0.4) is 0 Å². The molecule has 1 N–H and O–H groups in total. The Morgan fingerprint density at radius 3 is 2.75 bits per heavy atom. The second-order valence-electron chi connectivity index (χ2n) is 5.37. The van der Waals surface area contributed by atoms with Gasteiger partial charge in [-0.1, -0.05) is 17.4 Å². The largest absolute Gasteiger partial charge is 0.347 e. The number of rotatable bonds is 8. The molecule has 7 heteroatoms. The van der Waals surface area contributed by atoms with Crippen molar-refractivity contribution in [3.63, 3.8) is 0 Å². The van der Waals surface area contributed by atoms with Crippen LogP contribution in [-0.4, -0.2) is 32.8 Å². The van der Waals surface area contributed by atoms with Crippen LogP contribution in [0, 0.1) is 0 Å². The molecule has 3 heterocycles. The lowest BCUT2D eigenvalue weighted by Crippen LogP contribution is -2.21. The first-order valence-corrected chi connectivity index (χ1v) is 8.98. The van der Waals surface area contributed by atoms with E-state index in [2.05, 4.69) is 55.9 Å². The van der Waals surface area contributed by atoms with Crippen molar-refractivity contribution in [2.45, 2.75) is 26.9 Å². The van der Waals surface area contributed by atoms with Crippen molar-refractivity contribution in [1.82, 2.24) is 25.1 Å². The second kappa shape index (κ2) is 8.03. The molecule has 0 amide bonds. The molecule has 0 aliphatic carbocycles. The van der Waals surface area contributed by atoms with Gasteiger partial charge in [0.1, 0.15) is 0 Å². The van der Waals surface area contributed by atoms with Crippen molar-refractivity contribution in [1.29, 1.82) is 0 Å². The standard InChI is InChI=1S/C17H22N6S/c1-3-22(4-2)16-20-21-17(24-16)23-10-6-8-15(23)13-19-12-14-7-5-9-18-11-14/h5-11,19H,3-4,12-13H2,1-2H3. The Kier molecular flexibility index (Phi) is 5.55. The molecule has 3 aromatic rings. The van der Waals surface area contributed by atoms with Crippen LogP contribution in [0.2, 0.25) is 0 Å². The third-order valence-electron chi connectivity index (χ3n) is 3.83. The number of pyridine rings is 1. The van der Waals surface area contributed by atoms with E-state index in [4.69, 9.17) is 0 Å². The fourth-order valence-corrected chi connectivity index (χ4v) is 3.50. The summed E-state index contributed by atoms with van der Waals surface area (Å²) in [5.41, 5.74) is 2.34. The highest BCUT2D eigenvalue weighted by atomic mass is 32.1. The Hall–Kier alpha value is -2.25. The monoisotopic (exact) mass is 342 g/mol. The number of nitrogens with zero attached hydrogens (tertiary/aromatic N) is 5. The van der Waals surface area contributed by atoms with Crippen LogP contribution in [0.15, 0.2) is 42.9 Å². The molecule has 0 aliphatic heterocycles. The molecule has 0 aliphatic rings. The van der Waals surface area contributed by atoms with Gasteiger partial charge >= 0.3 is 0 Å². The number of hydrogen-bond acceptors (Lipinski definition) is 6. The van der Waals surface area contributed by atoms with Crippen LogP contribution >= 0.6 is 11.3 Å². The molecule has 126 valence electrons. The molecular weight excluding hydrogens is 320 g/mol. The lowest BCUT2D eigenvalue weighted by atomic mass is 10.3. The highest BCUT2D eigenvalue weighted by Gasteiger charge is 2.12. The van der Waals surface area contributed by atoms with E-state index in [1.54, 1.807) is 17.5 Å². The van der Waals surface area contributed by atoms with Gasteiger partial charge in [0.05, 0.1) is 0 Å². The smallest absolute Gasteiger partial charge is 0.218 e. The van der Waals surface area contributed by atoms with Gasteiger partial charge in [-0.05, 0) is 37.6 Å². The molecule has 6 nitrogen and oxygen atoms in total. The fraction of sp³-hybridized carbons (Fsp3) is 0.353. The first-order chi connectivity index (χ1) is 11.8. The van der Waals surface area contributed by atoms with Crippen molar-refractivity contribution >= 4 is 16.5 Å². The minimum atomic E-state index is 0.766. The van der Waals surface area contributed by atoms with Crippen LogP contribution in [0.4, 0.5) is 5.13 Å². The number of aromatic nitrogens is 4. The van der Waals surface area contributed by atoms with E-state index in [0.717, 1.165) is 36.4 Å². The molecule has 0 unspecified atom stereocenters. The van der Waals surface area contributed by atoms with E-state index >= 15 is 0 Å². The molecule has 0 bridgehead atoms. The molecule has 0 aromatic carbocycles. The Morgan fingerprint density at radius 1 is 1.12 bits per heavy atom. The second-order valence-corrected chi connectivity index (χ2v) is 6.31. The van der Waals surface area contributed by atoms with Gasteiger partial charge in [0.2, 0.25) is 10.3 Å². The molecule has 0 fully saturated rings. The predicted octanol–water partition coefficient (Wildman–Crippen LogP) is 2.86. The predicted molar refractivity (Wildman–Crippen MR) is 97.6 cm³/mol. The summed E-state index contributed by atoms with van der Waals surface area (Å²) in [5, 5.41) is 14.0. The van der Waals surface area contributed by atoms with E-state index in [1.165, 1.54) is 11.3 Å². The average molecular weight is 342 g/mol. The Bertz CT molecular complexity index is 747. The molecule has 0 saturated heterocycles. The van der Waals surface area contributed by atoms with Crippen molar-refractivity contribution in [3.8, 4) is 5.13 Å². The van der Waals surface area contributed by atoms with E-state index in [1.807, 2.05) is 24.5 Å². The van der Waals surface area contributed by atoms with E-state index in [-0.39, 0.29) is 0 Å². The van der Waals surface area contributed by atoms with E-state index in [0.29, 0.717) is 0 Å². The van der Waals surface area contributed by atoms with Crippen molar-refractivity contribution in [2.24, 2.45) is 0 Å². The summed E-state index contributed by atoms with van der Waals surface area (Å²) >= 11 is 1.62. The maximum absolute atomic E-state index is 4.35. The van der Waals surface area contributed by atoms with Crippen LogP contribution in [0.25, 0.3) is 5.13 Å². The zero-order chi connectivity index (χ0) is 16.8. The van der Waals surface area contributed by atoms with Crippen LogP contribution < -0.4 is 10.2 Å². The van der Waals surface area contributed by atoms with Crippen molar-refractivity contribution < 1.29 is 0 Å². The summed E-state index contributed by atoms with van der Waals surface area (Å²) in [6.07, 6.45) is 5.71. The lowest BCUT2D eigenvalue weighted by Gasteiger charge is -2.15. The van der Waals surface area contributed by atoms with Crippen LogP contribution in [-0.2, 0) is 13.1 Å². The third-order valence-corrected chi connectivity index (χ3v) is 4.82. The van der Waals surface area contributed by atoms with Crippen molar-refractivity contribution in [3.05, 3.63) is 54.1 Å². The molecule has 24 heavy (non-hydrogen) atoms. The summed E-state index contributed by atoms with van der Waals surface area (Å²) in [5.74, 6) is 0. The Balaban J connectivity index is 1.67. The number of nitrogens with one attached hydrogen (secondary N) is 1. The van der Waals surface area contributed by atoms with Crippen LogP contribution in [0.5, 0.6) is 0 Å². The summed E-state index contributed by atoms with van der Waals surface area (Å²) in [4.78, 5) is 6.35. The Morgan fingerprint density at radius 2 is 2.00 bits per heavy atom. The maximum atomic E-state index is 4.35. The first-order valence-electron chi connectivity index (χ1n) is 8.16. The topological polar surface area (TPSA) is 58.9 Å². The normalized spacial score (nSPS) is 10.9. The van der Waals surface area contributed by atoms with Gasteiger partial charge < -0.3 is 10.2 Å². The number of anilines is 1. The van der Waals surface area contributed by atoms with Gasteiger partial charge in [0.25, 0.3) is 0 Å². The molecule has 0 saturated carbocycles. The molecular formula is C17H22N6S. The Labute approximate surface area is 146 Å².